The Labute approximate surface area is 179 Å². The van der Waals surface area contributed by atoms with Crippen molar-refractivity contribution >= 4 is 38.5 Å². The maximum atomic E-state index is 7.20. The molecular weight excluding hydrogens is 380 g/mol. The van der Waals surface area contributed by atoms with E-state index in [9.17, 15) is 0 Å². The van der Waals surface area contributed by atoms with E-state index < -0.39 is 0 Å². The molecule has 0 bridgehead atoms. The van der Waals surface area contributed by atoms with E-state index in [0.717, 1.165) is 44.2 Å². The van der Waals surface area contributed by atoms with E-state index in [2.05, 4.69) is 82.6 Å². The lowest BCUT2D eigenvalue weighted by Crippen LogP contribution is -1.82. The first-order valence-electron chi connectivity index (χ1n) is 10.1. The van der Waals surface area contributed by atoms with Crippen LogP contribution < -0.4 is 0 Å². The SMILES string of the molecule is [C-]#[N+]c1cc(-c2cccc(-c3ccc4c(c3)oc3ccc5ccccc5c34)c2)ccn1. The Balaban J connectivity index is 1.50. The molecular formula is C28H16N2O. The van der Waals surface area contributed by atoms with Crippen molar-refractivity contribution in [3.05, 3.63) is 109 Å². The van der Waals surface area contributed by atoms with Crippen molar-refractivity contribution in [1.29, 1.82) is 0 Å². The highest BCUT2D eigenvalue weighted by molar-refractivity contribution is 6.19. The summed E-state index contributed by atoms with van der Waals surface area (Å²) < 4.78 is 6.23. The van der Waals surface area contributed by atoms with E-state index in [1.165, 1.54) is 10.8 Å². The minimum Gasteiger partial charge on any atom is -0.456 e. The largest absolute Gasteiger partial charge is 0.456 e. The number of rotatable bonds is 2. The summed E-state index contributed by atoms with van der Waals surface area (Å²) in [6, 6.07) is 31.1. The highest BCUT2D eigenvalue weighted by atomic mass is 16.3. The molecule has 3 nitrogen and oxygen atoms in total. The zero-order valence-electron chi connectivity index (χ0n) is 16.5. The Morgan fingerprint density at radius 2 is 1.45 bits per heavy atom. The van der Waals surface area contributed by atoms with Gasteiger partial charge in [0.05, 0.1) is 0 Å². The molecule has 144 valence electrons. The molecule has 6 aromatic rings. The van der Waals surface area contributed by atoms with Gasteiger partial charge in [-0.1, -0.05) is 61.2 Å². The number of benzene rings is 4. The zero-order valence-corrected chi connectivity index (χ0v) is 16.5. The molecule has 0 aliphatic heterocycles. The highest BCUT2D eigenvalue weighted by Crippen LogP contribution is 2.37. The van der Waals surface area contributed by atoms with Crippen LogP contribution in [0, 0.1) is 6.57 Å². The first kappa shape index (κ1) is 17.4. The number of fused-ring (bicyclic) bond motifs is 5. The van der Waals surface area contributed by atoms with Gasteiger partial charge in [0.2, 0.25) is 0 Å². The summed E-state index contributed by atoms with van der Waals surface area (Å²) >= 11 is 0. The predicted octanol–water partition coefficient (Wildman–Crippen LogP) is 8.02. The maximum absolute atomic E-state index is 7.20. The molecule has 0 saturated carbocycles. The molecule has 2 aromatic heterocycles. The van der Waals surface area contributed by atoms with Gasteiger partial charge in [0.25, 0.3) is 5.82 Å². The van der Waals surface area contributed by atoms with Gasteiger partial charge < -0.3 is 9.26 Å². The topological polar surface area (TPSA) is 30.4 Å². The molecule has 0 amide bonds. The third-order valence-corrected chi connectivity index (χ3v) is 5.75. The highest BCUT2D eigenvalue weighted by Gasteiger charge is 2.12. The van der Waals surface area contributed by atoms with Crippen molar-refractivity contribution in [3.8, 4) is 22.3 Å². The monoisotopic (exact) mass is 396 g/mol. The van der Waals surface area contributed by atoms with Crippen molar-refractivity contribution in [1.82, 2.24) is 4.98 Å². The van der Waals surface area contributed by atoms with Crippen LogP contribution >= 0.6 is 0 Å². The van der Waals surface area contributed by atoms with E-state index in [-0.39, 0.29) is 0 Å². The fraction of sp³-hybridized carbons (Fsp3) is 0. The quantitative estimate of drug-likeness (QED) is 0.277. The number of nitrogens with zero attached hydrogens (tertiary/aromatic N) is 2. The number of pyridine rings is 1. The van der Waals surface area contributed by atoms with Gasteiger partial charge in [-0.05, 0) is 69.4 Å². The van der Waals surface area contributed by atoms with Gasteiger partial charge in [-0.15, -0.1) is 4.98 Å². The molecule has 3 heteroatoms. The van der Waals surface area contributed by atoms with Crippen LogP contribution in [-0.4, -0.2) is 4.98 Å². The van der Waals surface area contributed by atoms with Gasteiger partial charge in [-0.25, -0.2) is 0 Å². The van der Waals surface area contributed by atoms with Crippen LogP contribution in [0.5, 0.6) is 0 Å². The molecule has 0 fully saturated rings. The minimum absolute atomic E-state index is 0.402. The lowest BCUT2D eigenvalue weighted by atomic mass is 9.98. The van der Waals surface area contributed by atoms with Crippen molar-refractivity contribution in [2.24, 2.45) is 0 Å². The standard InChI is InChI=1S/C28H16N2O/c1-29-27-17-22(13-14-30-27)20-7-4-6-19(15-20)21-9-11-24-26(16-21)31-25-12-10-18-5-2-3-8-23(18)28(24)25/h2-17H. The molecule has 0 atom stereocenters. The minimum atomic E-state index is 0.402. The van der Waals surface area contributed by atoms with E-state index in [1.807, 2.05) is 18.2 Å². The Morgan fingerprint density at radius 3 is 2.32 bits per heavy atom. The molecule has 6 rings (SSSR count). The first-order valence-corrected chi connectivity index (χ1v) is 10.1. The van der Waals surface area contributed by atoms with E-state index in [1.54, 1.807) is 6.20 Å². The molecule has 0 aliphatic rings. The van der Waals surface area contributed by atoms with Gasteiger partial charge in [0, 0.05) is 10.8 Å². The molecule has 0 spiro atoms. The summed E-state index contributed by atoms with van der Waals surface area (Å²) in [6.45, 7) is 7.20. The Kier molecular flexibility index (Phi) is 3.84. The number of furan rings is 1. The van der Waals surface area contributed by atoms with Crippen LogP contribution in [0.3, 0.4) is 0 Å². The van der Waals surface area contributed by atoms with Gasteiger partial charge in [0.15, 0.2) is 0 Å². The third-order valence-electron chi connectivity index (χ3n) is 5.75. The average Bonchev–Trinajstić information content (AvgIpc) is 3.22. The fourth-order valence-corrected chi connectivity index (χ4v) is 4.26. The molecule has 2 heterocycles. The molecule has 31 heavy (non-hydrogen) atoms. The molecule has 0 N–H and O–H groups in total. The van der Waals surface area contributed by atoms with Crippen LogP contribution in [0.4, 0.5) is 5.82 Å². The Bertz CT molecular complexity index is 1650. The van der Waals surface area contributed by atoms with Crippen LogP contribution in [0.15, 0.2) is 102 Å². The molecule has 0 aliphatic carbocycles. The molecule has 0 unspecified atom stereocenters. The summed E-state index contributed by atoms with van der Waals surface area (Å²) in [5.41, 5.74) is 6.03. The van der Waals surface area contributed by atoms with Crippen LogP contribution in [-0.2, 0) is 0 Å². The Morgan fingerprint density at radius 1 is 0.645 bits per heavy atom. The molecule has 0 radical (unpaired) electrons. The summed E-state index contributed by atoms with van der Waals surface area (Å²) in [4.78, 5) is 7.51. The number of hydrogen-bond acceptors (Lipinski definition) is 2. The third kappa shape index (κ3) is 2.86. The van der Waals surface area contributed by atoms with E-state index >= 15 is 0 Å². The second-order valence-electron chi connectivity index (χ2n) is 7.57. The molecule has 0 saturated heterocycles. The van der Waals surface area contributed by atoms with Gasteiger partial charge in [-0.3, -0.25) is 0 Å². The van der Waals surface area contributed by atoms with Crippen molar-refractivity contribution in [2.45, 2.75) is 0 Å². The lowest BCUT2D eigenvalue weighted by Gasteiger charge is -2.06. The maximum Gasteiger partial charge on any atom is 0.270 e. The first-order chi connectivity index (χ1) is 15.3. The smallest absolute Gasteiger partial charge is 0.270 e. The Hall–Kier alpha value is -4.42. The average molecular weight is 396 g/mol. The van der Waals surface area contributed by atoms with Crippen LogP contribution in [0.25, 0.3) is 59.8 Å². The fourth-order valence-electron chi connectivity index (χ4n) is 4.26. The zero-order chi connectivity index (χ0) is 20.8. The van der Waals surface area contributed by atoms with Gasteiger partial charge in [-0.2, -0.15) is 0 Å². The summed E-state index contributed by atoms with van der Waals surface area (Å²) in [5, 5.41) is 4.71. The summed E-state index contributed by atoms with van der Waals surface area (Å²) in [6.07, 6.45) is 1.68. The van der Waals surface area contributed by atoms with Crippen molar-refractivity contribution in [2.75, 3.05) is 0 Å². The van der Waals surface area contributed by atoms with E-state index in [0.29, 0.717) is 5.82 Å². The van der Waals surface area contributed by atoms with Crippen LogP contribution in [0.1, 0.15) is 0 Å². The normalized spacial score (nSPS) is 11.2. The van der Waals surface area contributed by atoms with Crippen molar-refractivity contribution in [3.63, 3.8) is 0 Å². The second kappa shape index (κ2) is 6.83. The summed E-state index contributed by atoms with van der Waals surface area (Å²) in [5.74, 6) is 0.402. The van der Waals surface area contributed by atoms with Crippen molar-refractivity contribution < 1.29 is 4.42 Å². The van der Waals surface area contributed by atoms with Gasteiger partial charge in [0.1, 0.15) is 17.4 Å². The number of hydrogen-bond donors (Lipinski definition) is 0. The predicted molar refractivity (Wildman–Crippen MR) is 126 cm³/mol. The van der Waals surface area contributed by atoms with Crippen LogP contribution in [0.2, 0.25) is 0 Å². The summed E-state index contributed by atoms with van der Waals surface area (Å²) in [7, 11) is 0. The lowest BCUT2D eigenvalue weighted by molar-refractivity contribution is 0.669. The molecule has 4 aromatic carbocycles. The number of aromatic nitrogens is 1. The second-order valence-corrected chi connectivity index (χ2v) is 7.57. The van der Waals surface area contributed by atoms with Gasteiger partial charge >= 0.3 is 0 Å². The van der Waals surface area contributed by atoms with E-state index in [4.69, 9.17) is 11.0 Å².